The number of carbonyl (C=O) groups is 2. The molecule has 1 heterocycles. The molecule has 0 aliphatic heterocycles. The maximum Gasteiger partial charge on any atom is 0.230 e. The highest BCUT2D eigenvalue weighted by molar-refractivity contribution is 8.03. The zero-order valence-electron chi connectivity index (χ0n) is 14.3. The summed E-state index contributed by atoms with van der Waals surface area (Å²) in [6, 6.07) is 3.84. The molecule has 1 N–H and O–H groups in total. The van der Waals surface area contributed by atoms with E-state index >= 15 is 0 Å². The number of hydrogen-bond donors (Lipinski definition) is 1. The number of halogens is 1. The number of methoxy groups -OCH3 is 1. The van der Waals surface area contributed by atoms with Crippen LogP contribution in [0.3, 0.4) is 0 Å². The molecule has 0 bridgehead atoms. The zero-order valence-corrected chi connectivity index (χ0v) is 16.7. The first-order valence-corrected chi connectivity index (χ1v) is 10.5. The Morgan fingerprint density at radius 3 is 2.58 bits per heavy atom. The van der Waals surface area contributed by atoms with E-state index in [0.717, 1.165) is 12.5 Å². The average Bonchev–Trinajstić information content (AvgIpc) is 3.10. The number of amides is 1. The van der Waals surface area contributed by atoms with Crippen LogP contribution in [0.5, 0.6) is 5.75 Å². The number of hydrogen-bond acceptors (Lipinski definition) is 8. The van der Waals surface area contributed by atoms with Crippen LogP contribution in [0, 0.1) is 5.82 Å². The molecule has 0 radical (unpaired) electrons. The molecule has 2 aromatic rings. The monoisotopic (exact) mass is 415 g/mol. The molecule has 26 heavy (non-hydrogen) atoms. The van der Waals surface area contributed by atoms with Crippen molar-refractivity contribution in [2.24, 2.45) is 0 Å². The normalized spacial score (nSPS) is 10.6. The lowest BCUT2D eigenvalue weighted by atomic mass is 10.1. The molecule has 2 rings (SSSR count). The van der Waals surface area contributed by atoms with E-state index < -0.39 is 5.82 Å². The SMILES string of the molecule is CCCNC(=O)CSc1nnc(SCC(=O)c2cc(F)ccc2OC)s1. The van der Waals surface area contributed by atoms with Crippen molar-refractivity contribution in [2.45, 2.75) is 22.0 Å². The smallest absolute Gasteiger partial charge is 0.230 e. The average molecular weight is 416 g/mol. The number of nitrogens with zero attached hydrogens (tertiary/aromatic N) is 2. The number of ether oxygens (including phenoxy) is 1. The summed E-state index contributed by atoms with van der Waals surface area (Å²) in [5.41, 5.74) is 0.201. The van der Waals surface area contributed by atoms with Crippen LogP contribution in [0.25, 0.3) is 0 Å². The number of ketones is 1. The molecule has 1 aromatic heterocycles. The molecule has 0 saturated heterocycles. The fourth-order valence-corrected chi connectivity index (χ4v) is 4.59. The predicted molar refractivity (Wildman–Crippen MR) is 102 cm³/mol. The van der Waals surface area contributed by atoms with E-state index in [4.69, 9.17) is 4.74 Å². The van der Waals surface area contributed by atoms with E-state index in [0.29, 0.717) is 21.0 Å². The first-order chi connectivity index (χ1) is 12.5. The van der Waals surface area contributed by atoms with Crippen LogP contribution in [-0.2, 0) is 4.79 Å². The highest BCUT2D eigenvalue weighted by Gasteiger charge is 2.15. The van der Waals surface area contributed by atoms with Gasteiger partial charge in [-0.2, -0.15) is 0 Å². The third-order valence-corrected chi connectivity index (χ3v) is 6.27. The summed E-state index contributed by atoms with van der Waals surface area (Å²) in [6.45, 7) is 2.64. The summed E-state index contributed by atoms with van der Waals surface area (Å²) < 4.78 is 19.7. The topological polar surface area (TPSA) is 81.2 Å². The second-order valence-electron chi connectivity index (χ2n) is 5.03. The number of Topliss-reactive ketones (excluding diaryl/α,β-unsaturated/α-hetero) is 1. The zero-order chi connectivity index (χ0) is 18.9. The van der Waals surface area contributed by atoms with Crippen molar-refractivity contribution in [3.05, 3.63) is 29.6 Å². The van der Waals surface area contributed by atoms with Gasteiger partial charge in [0.15, 0.2) is 14.5 Å². The van der Waals surface area contributed by atoms with Gasteiger partial charge >= 0.3 is 0 Å². The van der Waals surface area contributed by atoms with Crippen molar-refractivity contribution in [1.29, 1.82) is 0 Å². The van der Waals surface area contributed by atoms with Crippen molar-refractivity contribution < 1.29 is 18.7 Å². The minimum Gasteiger partial charge on any atom is -0.496 e. The molecule has 0 aliphatic carbocycles. The molecule has 0 saturated carbocycles. The van der Waals surface area contributed by atoms with Gasteiger partial charge in [-0.1, -0.05) is 41.8 Å². The van der Waals surface area contributed by atoms with Gasteiger partial charge in [-0.25, -0.2) is 4.39 Å². The third-order valence-electron chi connectivity index (χ3n) is 3.08. The highest BCUT2D eigenvalue weighted by Crippen LogP contribution is 2.30. The Balaban J connectivity index is 1.87. The van der Waals surface area contributed by atoms with Gasteiger partial charge in [-0.3, -0.25) is 9.59 Å². The van der Waals surface area contributed by atoms with Gasteiger partial charge < -0.3 is 10.1 Å². The fraction of sp³-hybridized carbons (Fsp3) is 0.375. The maximum atomic E-state index is 13.4. The third kappa shape index (κ3) is 6.26. The maximum absolute atomic E-state index is 13.4. The van der Waals surface area contributed by atoms with Gasteiger partial charge in [0.05, 0.1) is 24.2 Å². The quantitative estimate of drug-likeness (QED) is 0.471. The van der Waals surface area contributed by atoms with E-state index in [1.807, 2.05) is 6.92 Å². The van der Waals surface area contributed by atoms with Crippen LogP contribution in [0.2, 0.25) is 0 Å². The molecule has 0 atom stereocenters. The Hall–Kier alpha value is -1.65. The summed E-state index contributed by atoms with van der Waals surface area (Å²) in [7, 11) is 1.43. The van der Waals surface area contributed by atoms with E-state index in [2.05, 4.69) is 15.5 Å². The Morgan fingerprint density at radius 2 is 1.92 bits per heavy atom. The lowest BCUT2D eigenvalue weighted by Gasteiger charge is -2.06. The van der Waals surface area contributed by atoms with Gasteiger partial charge in [0.25, 0.3) is 0 Å². The van der Waals surface area contributed by atoms with Crippen molar-refractivity contribution >= 4 is 46.6 Å². The molecule has 10 heteroatoms. The summed E-state index contributed by atoms with van der Waals surface area (Å²) in [4.78, 5) is 23.9. The minimum atomic E-state index is -0.491. The van der Waals surface area contributed by atoms with Gasteiger partial charge in [-0.15, -0.1) is 10.2 Å². The molecule has 1 aromatic carbocycles. The predicted octanol–water partition coefficient (Wildman–Crippen LogP) is 3.28. The number of carbonyl (C=O) groups excluding carboxylic acids is 2. The molecular weight excluding hydrogens is 397 g/mol. The molecule has 0 unspecified atom stereocenters. The van der Waals surface area contributed by atoms with Crippen LogP contribution in [-0.4, -0.2) is 47.0 Å². The molecule has 140 valence electrons. The molecule has 6 nitrogen and oxygen atoms in total. The lowest BCUT2D eigenvalue weighted by Crippen LogP contribution is -2.25. The summed E-state index contributed by atoms with van der Waals surface area (Å²) in [5, 5.41) is 10.8. The van der Waals surface area contributed by atoms with E-state index in [1.54, 1.807) is 0 Å². The molecule has 0 spiro atoms. The van der Waals surface area contributed by atoms with Crippen molar-refractivity contribution in [3.63, 3.8) is 0 Å². The summed E-state index contributed by atoms with van der Waals surface area (Å²) in [5.74, 6) is -0.0857. The Bertz CT molecular complexity index is 770. The van der Waals surface area contributed by atoms with E-state index in [-0.39, 0.29) is 28.8 Å². The Labute approximate surface area is 163 Å². The van der Waals surface area contributed by atoms with Crippen molar-refractivity contribution in [3.8, 4) is 5.75 Å². The first-order valence-electron chi connectivity index (χ1n) is 7.76. The minimum absolute atomic E-state index is 0.0466. The molecule has 0 aliphatic rings. The number of aromatic nitrogens is 2. The van der Waals surface area contributed by atoms with Crippen LogP contribution < -0.4 is 10.1 Å². The van der Waals surface area contributed by atoms with E-state index in [9.17, 15) is 14.0 Å². The molecule has 1 amide bonds. The van der Waals surface area contributed by atoms with Gasteiger partial charge in [0.1, 0.15) is 11.6 Å². The van der Waals surface area contributed by atoms with E-state index in [1.165, 1.54) is 54.1 Å². The van der Waals surface area contributed by atoms with Crippen LogP contribution in [0.4, 0.5) is 4.39 Å². The molecule has 0 fully saturated rings. The second kappa shape index (κ2) is 10.5. The van der Waals surface area contributed by atoms with Gasteiger partial charge in [0, 0.05) is 6.54 Å². The van der Waals surface area contributed by atoms with Crippen molar-refractivity contribution in [2.75, 3.05) is 25.2 Å². The number of rotatable bonds is 10. The largest absolute Gasteiger partial charge is 0.496 e. The van der Waals surface area contributed by atoms with Crippen LogP contribution >= 0.6 is 34.9 Å². The van der Waals surface area contributed by atoms with Crippen LogP contribution in [0.15, 0.2) is 26.9 Å². The summed E-state index contributed by atoms with van der Waals surface area (Å²) in [6.07, 6.45) is 0.889. The standard InChI is InChI=1S/C16H18FN3O3S3/c1-3-6-18-14(22)9-25-16-20-19-15(26-16)24-8-12(21)11-7-10(17)4-5-13(11)23-2/h4-5,7H,3,6,8-9H2,1-2H3,(H,18,22). The van der Waals surface area contributed by atoms with Crippen molar-refractivity contribution in [1.82, 2.24) is 15.5 Å². The Kier molecular flexibility index (Phi) is 8.33. The lowest BCUT2D eigenvalue weighted by molar-refractivity contribution is -0.118. The fourth-order valence-electron chi connectivity index (χ4n) is 1.86. The summed E-state index contributed by atoms with van der Waals surface area (Å²) >= 11 is 3.84. The number of nitrogens with one attached hydrogen (secondary N) is 1. The first kappa shape index (κ1) is 20.7. The highest BCUT2D eigenvalue weighted by atomic mass is 32.2. The second-order valence-corrected chi connectivity index (χ2v) is 8.45. The van der Waals surface area contributed by atoms with Gasteiger partial charge in [-0.05, 0) is 24.6 Å². The van der Waals surface area contributed by atoms with Gasteiger partial charge in [0.2, 0.25) is 5.91 Å². The Morgan fingerprint density at radius 1 is 1.23 bits per heavy atom. The number of thioether (sulfide) groups is 2. The number of benzene rings is 1. The molecular formula is C16H18FN3O3S3. The van der Waals surface area contributed by atoms with Crippen LogP contribution in [0.1, 0.15) is 23.7 Å².